The van der Waals surface area contributed by atoms with E-state index in [0.717, 1.165) is 11.1 Å². The Morgan fingerprint density at radius 2 is 1.82 bits per heavy atom. The molecular weight excluding hydrogens is 512 g/mol. The Bertz CT molecular complexity index is 1310. The first-order chi connectivity index (χ1) is 18.2. The van der Waals surface area contributed by atoms with Crippen molar-refractivity contribution in [3.63, 3.8) is 0 Å². The van der Waals surface area contributed by atoms with Gasteiger partial charge >= 0.3 is 5.97 Å². The molecule has 0 saturated carbocycles. The molecule has 38 heavy (non-hydrogen) atoms. The van der Waals surface area contributed by atoms with Gasteiger partial charge in [-0.2, -0.15) is 0 Å². The predicted octanol–water partition coefficient (Wildman–Crippen LogP) is 2.30. The van der Waals surface area contributed by atoms with E-state index in [1.54, 1.807) is 41.3 Å². The molecule has 1 aromatic heterocycles. The molecule has 3 aromatic rings. The third-order valence-corrected chi connectivity index (χ3v) is 5.99. The summed E-state index contributed by atoms with van der Waals surface area (Å²) in [4.78, 5) is 30.3. The number of carbonyl (C=O) groups is 2. The third-order valence-electron chi connectivity index (χ3n) is 5.70. The van der Waals surface area contributed by atoms with Gasteiger partial charge < -0.3 is 35.6 Å². The average molecular weight is 539 g/mol. The monoisotopic (exact) mass is 538 g/mol. The maximum atomic E-state index is 12.6. The number of anilines is 1. The zero-order chi connectivity index (χ0) is 27.1. The van der Waals surface area contributed by atoms with Crippen molar-refractivity contribution >= 4 is 35.3 Å². The Morgan fingerprint density at radius 1 is 1.11 bits per heavy atom. The molecule has 10 nitrogen and oxygen atoms in total. The molecule has 0 radical (unpaired) electrons. The van der Waals surface area contributed by atoms with E-state index in [-0.39, 0.29) is 16.7 Å². The third kappa shape index (κ3) is 7.30. The lowest BCUT2D eigenvalue weighted by molar-refractivity contribution is -0.286. The van der Waals surface area contributed by atoms with E-state index in [1.165, 1.54) is 24.4 Å². The number of hydrogen-bond acceptors (Lipinski definition) is 8. The number of pyridine rings is 1. The van der Waals surface area contributed by atoms with Crippen LogP contribution in [-0.2, 0) is 9.53 Å². The summed E-state index contributed by atoms with van der Waals surface area (Å²) in [5, 5.41) is 22.9. The number of nitrogens with one attached hydrogen (secondary N) is 1. The van der Waals surface area contributed by atoms with Crippen LogP contribution in [0, 0.1) is 0 Å². The summed E-state index contributed by atoms with van der Waals surface area (Å²) in [6.07, 6.45) is 4.21. The van der Waals surface area contributed by atoms with Crippen LogP contribution < -0.4 is 15.8 Å². The molecule has 0 spiro atoms. The van der Waals surface area contributed by atoms with Crippen molar-refractivity contribution in [2.45, 2.75) is 5.97 Å². The van der Waals surface area contributed by atoms with E-state index < -0.39 is 18.4 Å². The van der Waals surface area contributed by atoms with Gasteiger partial charge in [0.25, 0.3) is 5.91 Å². The lowest BCUT2D eigenvalue weighted by atomic mass is 10.0. The number of hydrogen-bond donors (Lipinski definition) is 4. The second-order valence-electron chi connectivity index (χ2n) is 8.54. The SMILES string of the molecule is Nc1ccc(/C=C/C(=O)NCC(O)(O)Oc2ccc(-c3ccc(C(=O)N4CCOCC4)cc3)cc2Cl)cn1. The highest BCUT2D eigenvalue weighted by molar-refractivity contribution is 6.32. The van der Waals surface area contributed by atoms with Crippen molar-refractivity contribution in [1.82, 2.24) is 15.2 Å². The summed E-state index contributed by atoms with van der Waals surface area (Å²) >= 11 is 6.33. The van der Waals surface area contributed by atoms with Gasteiger partial charge in [0.1, 0.15) is 18.1 Å². The molecule has 4 rings (SSSR count). The fourth-order valence-corrected chi connectivity index (χ4v) is 3.90. The van der Waals surface area contributed by atoms with E-state index in [2.05, 4.69) is 10.3 Å². The van der Waals surface area contributed by atoms with Gasteiger partial charge in [-0.25, -0.2) is 4.98 Å². The van der Waals surface area contributed by atoms with Crippen molar-refractivity contribution < 1.29 is 29.3 Å². The van der Waals surface area contributed by atoms with Crippen LogP contribution in [-0.4, -0.2) is 70.7 Å². The summed E-state index contributed by atoms with van der Waals surface area (Å²) in [5.74, 6) is -2.96. The Kier molecular flexibility index (Phi) is 8.59. The molecule has 0 atom stereocenters. The van der Waals surface area contributed by atoms with Crippen LogP contribution in [0.25, 0.3) is 17.2 Å². The number of ether oxygens (including phenoxy) is 2. The summed E-state index contributed by atoms with van der Waals surface area (Å²) in [6.45, 7) is 1.58. The van der Waals surface area contributed by atoms with E-state index in [4.69, 9.17) is 26.8 Å². The smallest absolute Gasteiger partial charge is 0.340 e. The standard InChI is InChI=1S/C27H27ClN4O6/c28-22-15-21(19-3-5-20(6-4-19)26(34)32-11-13-37-14-12-32)7-8-23(22)38-27(35,36)17-31-25(33)10-2-18-1-9-24(29)30-16-18/h1-10,15-16,35-36H,11-14,17H2,(H2,29,30)(H,31,33)/b10-2+. The average Bonchev–Trinajstić information content (AvgIpc) is 2.93. The van der Waals surface area contributed by atoms with Crippen LogP contribution in [0.3, 0.4) is 0 Å². The first-order valence-corrected chi connectivity index (χ1v) is 12.2. The molecule has 2 amide bonds. The highest BCUT2D eigenvalue weighted by atomic mass is 35.5. The molecule has 1 fully saturated rings. The fraction of sp³-hybridized carbons (Fsp3) is 0.222. The van der Waals surface area contributed by atoms with Crippen molar-refractivity contribution in [3.8, 4) is 16.9 Å². The normalized spacial score (nSPS) is 13.9. The number of amides is 2. The number of carbonyl (C=O) groups excluding carboxylic acids is 2. The largest absolute Gasteiger partial charge is 0.436 e. The predicted molar refractivity (Wildman–Crippen MR) is 142 cm³/mol. The Labute approximate surface area is 224 Å². The lowest BCUT2D eigenvalue weighted by Crippen LogP contribution is -2.47. The maximum Gasteiger partial charge on any atom is 0.340 e. The molecular formula is C27H27ClN4O6. The molecule has 0 aliphatic carbocycles. The van der Waals surface area contributed by atoms with Crippen molar-refractivity contribution in [2.24, 2.45) is 0 Å². The van der Waals surface area contributed by atoms with Crippen molar-refractivity contribution in [1.29, 1.82) is 0 Å². The second kappa shape index (κ2) is 12.1. The van der Waals surface area contributed by atoms with Crippen molar-refractivity contribution in [2.75, 3.05) is 38.6 Å². The number of aliphatic hydroxyl groups is 2. The minimum Gasteiger partial charge on any atom is -0.436 e. The summed E-state index contributed by atoms with van der Waals surface area (Å²) < 4.78 is 10.5. The van der Waals surface area contributed by atoms with Gasteiger partial charge in [-0.05, 0) is 59.2 Å². The Balaban J connectivity index is 1.33. The molecule has 2 aromatic carbocycles. The molecule has 0 bridgehead atoms. The molecule has 11 heteroatoms. The van der Waals surface area contributed by atoms with Gasteiger partial charge in [0.05, 0.1) is 18.2 Å². The summed E-state index contributed by atoms with van der Waals surface area (Å²) in [6, 6.07) is 15.2. The minimum absolute atomic E-state index is 0.0114. The lowest BCUT2D eigenvalue weighted by Gasteiger charge is -2.26. The molecule has 198 valence electrons. The number of nitrogens with zero attached hydrogens (tertiary/aromatic N) is 2. The summed E-state index contributed by atoms with van der Waals surface area (Å²) in [5.41, 5.74) is 8.30. The van der Waals surface area contributed by atoms with Gasteiger partial charge in [0.15, 0.2) is 0 Å². The molecule has 1 saturated heterocycles. The van der Waals surface area contributed by atoms with Crippen LogP contribution in [0.4, 0.5) is 5.82 Å². The van der Waals surface area contributed by atoms with Gasteiger partial charge in [0.2, 0.25) is 5.91 Å². The van der Waals surface area contributed by atoms with Crippen LogP contribution in [0.1, 0.15) is 15.9 Å². The van der Waals surface area contributed by atoms with Gasteiger partial charge in [-0.1, -0.05) is 29.8 Å². The number of nitrogens with two attached hydrogens (primary N) is 1. The quantitative estimate of drug-likeness (QED) is 0.252. The second-order valence-corrected chi connectivity index (χ2v) is 8.95. The minimum atomic E-state index is -2.71. The summed E-state index contributed by atoms with van der Waals surface area (Å²) in [7, 11) is 0. The Hall–Kier alpha value is -3.96. The van der Waals surface area contributed by atoms with E-state index in [9.17, 15) is 19.8 Å². The van der Waals surface area contributed by atoms with Crippen LogP contribution in [0.5, 0.6) is 5.75 Å². The molecule has 5 N–H and O–H groups in total. The number of aromatic nitrogens is 1. The fourth-order valence-electron chi connectivity index (χ4n) is 3.68. The molecule has 1 aliphatic rings. The topological polar surface area (TPSA) is 147 Å². The first kappa shape index (κ1) is 27.1. The van der Waals surface area contributed by atoms with Crippen LogP contribution in [0.2, 0.25) is 5.02 Å². The van der Waals surface area contributed by atoms with E-state index in [1.807, 2.05) is 12.1 Å². The Morgan fingerprint density at radius 3 is 2.47 bits per heavy atom. The number of nitrogen functional groups attached to an aromatic ring is 1. The zero-order valence-corrected chi connectivity index (χ0v) is 21.1. The highest BCUT2D eigenvalue weighted by Gasteiger charge is 2.27. The van der Waals surface area contributed by atoms with Gasteiger partial charge in [-0.3, -0.25) is 9.59 Å². The first-order valence-electron chi connectivity index (χ1n) is 11.8. The highest BCUT2D eigenvalue weighted by Crippen LogP contribution is 2.32. The van der Waals surface area contributed by atoms with Gasteiger partial charge in [0, 0.05) is 30.9 Å². The van der Waals surface area contributed by atoms with Crippen molar-refractivity contribution in [3.05, 3.63) is 83.0 Å². The van der Waals surface area contributed by atoms with Crippen LogP contribution in [0.15, 0.2) is 66.9 Å². The number of morpholine rings is 1. The molecule has 1 aliphatic heterocycles. The number of rotatable bonds is 8. The van der Waals surface area contributed by atoms with E-state index >= 15 is 0 Å². The van der Waals surface area contributed by atoms with Gasteiger partial charge in [-0.15, -0.1) is 0 Å². The zero-order valence-electron chi connectivity index (χ0n) is 20.3. The molecule has 2 heterocycles. The maximum absolute atomic E-state index is 12.6. The number of benzene rings is 2. The molecule has 0 unspecified atom stereocenters. The van der Waals surface area contributed by atoms with E-state index in [0.29, 0.717) is 43.2 Å². The number of halogens is 1. The van der Waals surface area contributed by atoms with Crippen LogP contribution >= 0.6 is 11.6 Å².